The van der Waals surface area contributed by atoms with Gasteiger partial charge in [-0.25, -0.2) is 4.98 Å². The Morgan fingerprint density at radius 3 is 2.70 bits per heavy atom. The van der Waals surface area contributed by atoms with Gasteiger partial charge in [-0.2, -0.15) is 0 Å². The number of benzene rings is 2. The van der Waals surface area contributed by atoms with Crippen LogP contribution in [-0.4, -0.2) is 45.9 Å². The molecule has 0 spiro atoms. The van der Waals surface area contributed by atoms with Crippen molar-refractivity contribution in [2.24, 2.45) is 0 Å². The van der Waals surface area contributed by atoms with E-state index >= 15 is 0 Å². The van der Waals surface area contributed by atoms with Gasteiger partial charge in [0.25, 0.3) is 5.91 Å². The molecule has 1 aromatic heterocycles. The Bertz CT molecular complexity index is 1040. The minimum absolute atomic E-state index is 0.0785. The fourth-order valence-corrected chi connectivity index (χ4v) is 5.41. The Labute approximate surface area is 184 Å². The van der Waals surface area contributed by atoms with Gasteiger partial charge in [-0.05, 0) is 18.6 Å². The highest BCUT2D eigenvalue weighted by Gasteiger charge is 2.35. The maximum absolute atomic E-state index is 12.9. The number of nitrogens with zero attached hydrogens (tertiary/aromatic N) is 2. The van der Waals surface area contributed by atoms with Gasteiger partial charge in [-0.3, -0.25) is 9.59 Å². The molecular formula is C23H23N3O2S2. The Kier molecular flexibility index (Phi) is 6.50. The van der Waals surface area contributed by atoms with Crippen molar-refractivity contribution >= 4 is 34.9 Å². The van der Waals surface area contributed by atoms with Crippen molar-refractivity contribution in [1.29, 1.82) is 0 Å². The van der Waals surface area contributed by atoms with Crippen molar-refractivity contribution in [3.63, 3.8) is 0 Å². The molecule has 5 nitrogen and oxygen atoms in total. The topological polar surface area (TPSA) is 62.3 Å². The molecule has 3 aromatic rings. The van der Waals surface area contributed by atoms with Crippen LogP contribution in [0.3, 0.4) is 0 Å². The van der Waals surface area contributed by atoms with E-state index in [0.29, 0.717) is 30.2 Å². The third-order valence-electron chi connectivity index (χ3n) is 5.07. The molecule has 1 N–H and O–H groups in total. The zero-order valence-corrected chi connectivity index (χ0v) is 18.3. The van der Waals surface area contributed by atoms with Gasteiger partial charge in [0.15, 0.2) is 0 Å². The number of carbonyl (C=O) groups excluding carboxylic acids is 2. The molecule has 2 aromatic carbocycles. The average molecular weight is 438 g/mol. The van der Waals surface area contributed by atoms with Crippen LogP contribution in [-0.2, 0) is 11.2 Å². The molecule has 7 heteroatoms. The van der Waals surface area contributed by atoms with Gasteiger partial charge in [0.1, 0.15) is 11.0 Å². The van der Waals surface area contributed by atoms with Gasteiger partial charge >= 0.3 is 0 Å². The fourth-order valence-electron chi connectivity index (χ4n) is 3.39. The Balaban J connectivity index is 1.33. The molecule has 2 heterocycles. The third kappa shape index (κ3) is 4.57. The molecule has 0 aliphatic carbocycles. The quantitative estimate of drug-likeness (QED) is 0.633. The first-order valence-corrected chi connectivity index (χ1v) is 11.9. The van der Waals surface area contributed by atoms with Crippen molar-refractivity contribution in [2.45, 2.75) is 19.4 Å². The van der Waals surface area contributed by atoms with E-state index in [-0.39, 0.29) is 11.8 Å². The Hall–Kier alpha value is -2.64. The summed E-state index contributed by atoms with van der Waals surface area (Å²) in [5.41, 5.74) is 3.66. The van der Waals surface area contributed by atoms with E-state index < -0.39 is 6.04 Å². The molecule has 1 aliphatic heterocycles. The number of hydrogen-bond donors (Lipinski definition) is 1. The fraction of sp³-hybridized carbons (Fsp3) is 0.261. The summed E-state index contributed by atoms with van der Waals surface area (Å²) in [6.07, 6.45) is 0.667. The standard InChI is InChI=1S/C23H23N3O2S2/c1-16-7-5-6-10-19(16)23(28)26-15-29-14-20(26)21(27)24-12-11-18-13-30-22(25-18)17-8-3-2-4-9-17/h2-10,13,20H,11-12,14-15H2,1H3,(H,24,27)/t20-/m1/s1. The first-order valence-electron chi connectivity index (χ1n) is 9.85. The van der Waals surface area contributed by atoms with Crippen molar-refractivity contribution in [2.75, 3.05) is 18.2 Å². The molecule has 2 amide bonds. The molecular weight excluding hydrogens is 414 g/mol. The van der Waals surface area contributed by atoms with E-state index in [0.717, 1.165) is 21.8 Å². The number of thiazole rings is 1. The Morgan fingerprint density at radius 1 is 1.13 bits per heavy atom. The van der Waals surface area contributed by atoms with Crippen LogP contribution in [0.5, 0.6) is 0 Å². The molecule has 1 saturated heterocycles. The van der Waals surface area contributed by atoms with Crippen molar-refractivity contribution in [3.05, 3.63) is 76.8 Å². The molecule has 154 valence electrons. The molecule has 4 rings (SSSR count). The van der Waals surface area contributed by atoms with Crippen LogP contribution in [0.25, 0.3) is 10.6 Å². The second-order valence-electron chi connectivity index (χ2n) is 7.16. The number of rotatable bonds is 6. The van der Waals surface area contributed by atoms with Crippen LogP contribution in [0.1, 0.15) is 21.6 Å². The van der Waals surface area contributed by atoms with Crippen LogP contribution in [0.4, 0.5) is 0 Å². The van der Waals surface area contributed by atoms with Crippen LogP contribution in [0.15, 0.2) is 60.0 Å². The van der Waals surface area contributed by atoms with Gasteiger partial charge < -0.3 is 10.2 Å². The molecule has 0 radical (unpaired) electrons. The monoisotopic (exact) mass is 437 g/mol. The first kappa shape index (κ1) is 20.6. The number of amides is 2. The van der Waals surface area contributed by atoms with E-state index in [1.165, 1.54) is 0 Å². The average Bonchev–Trinajstić information content (AvgIpc) is 3.44. The predicted molar refractivity (Wildman–Crippen MR) is 123 cm³/mol. The third-order valence-corrected chi connectivity index (χ3v) is 7.03. The van der Waals surface area contributed by atoms with Gasteiger partial charge in [-0.1, -0.05) is 48.5 Å². The molecule has 30 heavy (non-hydrogen) atoms. The second-order valence-corrected chi connectivity index (χ2v) is 9.01. The van der Waals surface area contributed by atoms with Gasteiger partial charge in [0, 0.05) is 35.2 Å². The first-order chi connectivity index (χ1) is 14.6. The van der Waals surface area contributed by atoms with Crippen LogP contribution in [0.2, 0.25) is 0 Å². The molecule has 0 bridgehead atoms. The minimum Gasteiger partial charge on any atom is -0.354 e. The number of carbonyl (C=O) groups is 2. The number of aromatic nitrogens is 1. The maximum Gasteiger partial charge on any atom is 0.255 e. The van der Waals surface area contributed by atoms with Gasteiger partial charge in [-0.15, -0.1) is 23.1 Å². The summed E-state index contributed by atoms with van der Waals surface area (Å²) in [5.74, 6) is 0.988. The van der Waals surface area contributed by atoms with E-state index in [4.69, 9.17) is 0 Å². The van der Waals surface area contributed by atoms with Crippen molar-refractivity contribution in [1.82, 2.24) is 15.2 Å². The Morgan fingerprint density at radius 2 is 1.90 bits per heavy atom. The molecule has 1 atom stereocenters. The smallest absolute Gasteiger partial charge is 0.255 e. The largest absolute Gasteiger partial charge is 0.354 e. The van der Waals surface area contributed by atoms with E-state index in [2.05, 4.69) is 10.3 Å². The number of nitrogens with one attached hydrogen (secondary N) is 1. The lowest BCUT2D eigenvalue weighted by Gasteiger charge is -2.23. The van der Waals surface area contributed by atoms with E-state index in [1.807, 2.05) is 66.9 Å². The van der Waals surface area contributed by atoms with Gasteiger partial charge in [0.2, 0.25) is 5.91 Å². The molecule has 0 saturated carbocycles. The number of hydrogen-bond acceptors (Lipinski definition) is 5. The van der Waals surface area contributed by atoms with Crippen molar-refractivity contribution < 1.29 is 9.59 Å². The molecule has 0 unspecified atom stereocenters. The highest BCUT2D eigenvalue weighted by Crippen LogP contribution is 2.25. The lowest BCUT2D eigenvalue weighted by Crippen LogP contribution is -2.47. The van der Waals surface area contributed by atoms with Crippen LogP contribution in [0, 0.1) is 6.92 Å². The number of aryl methyl sites for hydroxylation is 1. The van der Waals surface area contributed by atoms with Crippen molar-refractivity contribution in [3.8, 4) is 10.6 Å². The summed E-state index contributed by atoms with van der Waals surface area (Å²) in [4.78, 5) is 32.0. The zero-order chi connectivity index (χ0) is 20.9. The lowest BCUT2D eigenvalue weighted by molar-refractivity contribution is -0.124. The summed E-state index contributed by atoms with van der Waals surface area (Å²) in [7, 11) is 0. The lowest BCUT2D eigenvalue weighted by atomic mass is 10.1. The normalized spacial score (nSPS) is 15.9. The number of thioether (sulfide) groups is 1. The second kappa shape index (κ2) is 9.45. The zero-order valence-electron chi connectivity index (χ0n) is 16.7. The summed E-state index contributed by atoms with van der Waals surface area (Å²) >= 11 is 3.22. The SMILES string of the molecule is Cc1ccccc1C(=O)N1CSC[C@@H]1C(=O)NCCc1csc(-c2ccccc2)n1. The van der Waals surface area contributed by atoms with Crippen LogP contribution >= 0.6 is 23.1 Å². The minimum atomic E-state index is -0.433. The summed E-state index contributed by atoms with van der Waals surface area (Å²) in [6, 6.07) is 17.2. The summed E-state index contributed by atoms with van der Waals surface area (Å²) in [6.45, 7) is 2.42. The molecule has 1 fully saturated rings. The molecule has 1 aliphatic rings. The highest BCUT2D eigenvalue weighted by molar-refractivity contribution is 7.99. The summed E-state index contributed by atoms with van der Waals surface area (Å²) < 4.78 is 0. The van der Waals surface area contributed by atoms with Crippen LogP contribution < -0.4 is 5.32 Å². The van der Waals surface area contributed by atoms with Gasteiger partial charge in [0.05, 0.1) is 11.6 Å². The van der Waals surface area contributed by atoms with E-state index in [1.54, 1.807) is 28.0 Å². The highest BCUT2D eigenvalue weighted by atomic mass is 32.2. The maximum atomic E-state index is 12.9. The predicted octanol–water partition coefficient (Wildman–Crippen LogP) is 3.99. The summed E-state index contributed by atoms with van der Waals surface area (Å²) in [5, 5.41) is 6.01. The van der Waals surface area contributed by atoms with E-state index in [9.17, 15) is 9.59 Å².